The van der Waals surface area contributed by atoms with E-state index >= 15 is 0 Å². The van der Waals surface area contributed by atoms with E-state index in [0.717, 1.165) is 42.4 Å². The molecule has 1 aliphatic heterocycles. The van der Waals surface area contributed by atoms with Gasteiger partial charge >= 0.3 is 0 Å². The zero-order chi connectivity index (χ0) is 18.1. The second-order valence-electron chi connectivity index (χ2n) is 6.91. The number of nitrogens with two attached hydrogens (primary N) is 1. The summed E-state index contributed by atoms with van der Waals surface area (Å²) in [5.41, 5.74) is 9.15. The van der Waals surface area contributed by atoms with Crippen molar-refractivity contribution in [3.05, 3.63) is 71.2 Å². The number of carbonyl (C=O) groups excluding carboxylic acids is 1. The van der Waals surface area contributed by atoms with E-state index in [1.165, 1.54) is 17.7 Å². The van der Waals surface area contributed by atoms with Gasteiger partial charge in [-0.15, -0.1) is 0 Å². The number of hydrogen-bond acceptors (Lipinski definition) is 2. The summed E-state index contributed by atoms with van der Waals surface area (Å²) in [6.07, 6.45) is 2.17. The molecule has 0 atom stereocenters. The predicted molar refractivity (Wildman–Crippen MR) is 101 cm³/mol. The molecule has 134 valence electrons. The van der Waals surface area contributed by atoms with Gasteiger partial charge in [0.25, 0.3) is 5.91 Å². The van der Waals surface area contributed by atoms with Crippen molar-refractivity contribution in [2.45, 2.75) is 25.3 Å². The summed E-state index contributed by atoms with van der Waals surface area (Å²) >= 11 is 0. The summed E-state index contributed by atoms with van der Waals surface area (Å²) in [5.74, 6) is -0.269. The van der Waals surface area contributed by atoms with E-state index in [0.29, 0.717) is 18.2 Å². The molecule has 0 aliphatic carbocycles. The third-order valence-electron chi connectivity index (χ3n) is 5.24. The average Bonchev–Trinajstić information content (AvgIpc) is 3.01. The summed E-state index contributed by atoms with van der Waals surface area (Å²) in [4.78, 5) is 12.1. The molecule has 0 saturated carbocycles. The van der Waals surface area contributed by atoms with Gasteiger partial charge in [-0.05, 0) is 67.2 Å². The Kier molecular flexibility index (Phi) is 4.47. The Balaban J connectivity index is 1.83. The highest BCUT2D eigenvalue weighted by Crippen LogP contribution is 2.33. The standard InChI is InChI=1S/C21H22FN3O/c22-16-4-1-3-14(11-16)13-25-19-6-2-5-17(15-7-9-24-10-8-15)18(19)12-20(25)21(23)26/h1-6,11-12,15,24H,7-10,13H2,(H2,23,26). The van der Waals surface area contributed by atoms with Crippen molar-refractivity contribution in [3.63, 3.8) is 0 Å². The fraction of sp³-hybridized carbons (Fsp3) is 0.286. The lowest BCUT2D eigenvalue weighted by atomic mass is 9.88. The summed E-state index contributed by atoms with van der Waals surface area (Å²) in [7, 11) is 0. The number of halogens is 1. The lowest BCUT2D eigenvalue weighted by Crippen LogP contribution is -2.26. The van der Waals surface area contributed by atoms with Crippen molar-refractivity contribution in [2.24, 2.45) is 5.73 Å². The number of piperidine rings is 1. The Labute approximate surface area is 151 Å². The molecule has 1 aliphatic rings. The Bertz CT molecular complexity index is 957. The Morgan fingerprint density at radius 3 is 2.65 bits per heavy atom. The Hall–Kier alpha value is -2.66. The highest BCUT2D eigenvalue weighted by Gasteiger charge is 2.21. The predicted octanol–water partition coefficient (Wildman–Crippen LogP) is 3.39. The SMILES string of the molecule is NC(=O)c1cc2c(C3CCNCC3)cccc2n1Cc1cccc(F)c1. The molecule has 26 heavy (non-hydrogen) atoms. The minimum atomic E-state index is -0.464. The first-order valence-corrected chi connectivity index (χ1v) is 9.00. The quantitative estimate of drug-likeness (QED) is 0.757. The van der Waals surface area contributed by atoms with Crippen LogP contribution in [0.1, 0.15) is 40.4 Å². The van der Waals surface area contributed by atoms with Crippen molar-refractivity contribution >= 4 is 16.8 Å². The van der Waals surface area contributed by atoms with Crippen molar-refractivity contribution < 1.29 is 9.18 Å². The number of hydrogen-bond donors (Lipinski definition) is 2. The van der Waals surface area contributed by atoms with Gasteiger partial charge in [-0.1, -0.05) is 24.3 Å². The number of nitrogens with one attached hydrogen (secondary N) is 1. The molecule has 1 aromatic heterocycles. The normalized spacial score (nSPS) is 15.4. The highest BCUT2D eigenvalue weighted by atomic mass is 19.1. The maximum atomic E-state index is 13.6. The first-order valence-electron chi connectivity index (χ1n) is 9.00. The van der Waals surface area contributed by atoms with Crippen LogP contribution in [-0.4, -0.2) is 23.6 Å². The van der Waals surface area contributed by atoms with E-state index in [2.05, 4.69) is 11.4 Å². The zero-order valence-electron chi connectivity index (χ0n) is 14.5. The number of benzene rings is 2. The lowest BCUT2D eigenvalue weighted by Gasteiger charge is -2.23. The van der Waals surface area contributed by atoms with E-state index in [1.54, 1.807) is 6.07 Å². The summed E-state index contributed by atoms with van der Waals surface area (Å²) < 4.78 is 15.5. The van der Waals surface area contributed by atoms with Crippen LogP contribution >= 0.6 is 0 Å². The summed E-state index contributed by atoms with van der Waals surface area (Å²) in [6.45, 7) is 2.43. The van der Waals surface area contributed by atoms with Gasteiger partial charge in [0, 0.05) is 17.4 Å². The molecule has 2 heterocycles. The molecule has 1 saturated heterocycles. The van der Waals surface area contributed by atoms with Gasteiger partial charge in [-0.25, -0.2) is 4.39 Å². The first-order chi connectivity index (χ1) is 12.6. The molecule has 5 heteroatoms. The van der Waals surface area contributed by atoms with E-state index in [-0.39, 0.29) is 5.82 Å². The lowest BCUT2D eigenvalue weighted by molar-refractivity contribution is 0.0992. The molecular weight excluding hydrogens is 329 g/mol. The second-order valence-corrected chi connectivity index (χ2v) is 6.91. The third-order valence-corrected chi connectivity index (χ3v) is 5.24. The second kappa shape index (κ2) is 6.92. The van der Waals surface area contributed by atoms with E-state index in [4.69, 9.17) is 5.73 Å². The van der Waals surface area contributed by atoms with Crippen molar-refractivity contribution in [2.75, 3.05) is 13.1 Å². The van der Waals surface area contributed by atoms with Crippen LogP contribution in [0, 0.1) is 5.82 Å². The Morgan fingerprint density at radius 2 is 1.92 bits per heavy atom. The smallest absolute Gasteiger partial charge is 0.265 e. The fourth-order valence-electron chi connectivity index (χ4n) is 3.99. The van der Waals surface area contributed by atoms with Gasteiger partial charge in [-0.3, -0.25) is 4.79 Å². The number of amides is 1. The van der Waals surface area contributed by atoms with Crippen molar-refractivity contribution in [3.8, 4) is 0 Å². The monoisotopic (exact) mass is 351 g/mol. The van der Waals surface area contributed by atoms with Crippen LogP contribution in [0.25, 0.3) is 10.9 Å². The third kappa shape index (κ3) is 3.10. The number of fused-ring (bicyclic) bond motifs is 1. The van der Waals surface area contributed by atoms with E-state index in [9.17, 15) is 9.18 Å². The average molecular weight is 351 g/mol. The molecule has 2 aromatic carbocycles. The van der Waals surface area contributed by atoms with Crippen LogP contribution in [0.3, 0.4) is 0 Å². The van der Waals surface area contributed by atoms with Crippen molar-refractivity contribution in [1.82, 2.24) is 9.88 Å². The van der Waals surface area contributed by atoms with Crippen LogP contribution in [0.2, 0.25) is 0 Å². The molecule has 0 radical (unpaired) electrons. The minimum absolute atomic E-state index is 0.282. The van der Waals surface area contributed by atoms with Gasteiger partial charge in [0.2, 0.25) is 0 Å². The maximum Gasteiger partial charge on any atom is 0.265 e. The van der Waals surface area contributed by atoms with Gasteiger partial charge in [0.1, 0.15) is 11.5 Å². The van der Waals surface area contributed by atoms with Crippen LogP contribution in [0.5, 0.6) is 0 Å². The largest absolute Gasteiger partial charge is 0.364 e. The highest BCUT2D eigenvalue weighted by molar-refractivity contribution is 5.99. The number of nitrogens with zero attached hydrogens (tertiary/aromatic N) is 1. The fourth-order valence-corrected chi connectivity index (χ4v) is 3.99. The maximum absolute atomic E-state index is 13.6. The molecular formula is C21H22FN3O. The summed E-state index contributed by atoms with van der Waals surface area (Å²) in [6, 6.07) is 14.5. The molecule has 4 rings (SSSR count). The summed E-state index contributed by atoms with van der Waals surface area (Å²) in [5, 5.41) is 4.46. The molecule has 0 unspecified atom stereocenters. The van der Waals surface area contributed by atoms with Crippen LogP contribution in [0.15, 0.2) is 48.5 Å². The van der Waals surface area contributed by atoms with Gasteiger partial charge < -0.3 is 15.6 Å². The van der Waals surface area contributed by atoms with Crippen LogP contribution < -0.4 is 11.1 Å². The molecule has 3 aromatic rings. The Morgan fingerprint density at radius 1 is 1.15 bits per heavy atom. The molecule has 3 N–H and O–H groups in total. The zero-order valence-corrected chi connectivity index (χ0v) is 14.5. The molecule has 0 bridgehead atoms. The first kappa shape index (κ1) is 16.8. The van der Waals surface area contributed by atoms with Crippen molar-refractivity contribution in [1.29, 1.82) is 0 Å². The molecule has 1 amide bonds. The topological polar surface area (TPSA) is 60.1 Å². The van der Waals surface area contributed by atoms with Crippen LogP contribution in [-0.2, 0) is 6.54 Å². The van der Waals surface area contributed by atoms with Gasteiger partial charge in [0.15, 0.2) is 0 Å². The van der Waals surface area contributed by atoms with E-state index < -0.39 is 5.91 Å². The van der Waals surface area contributed by atoms with Gasteiger partial charge in [-0.2, -0.15) is 0 Å². The number of carbonyl (C=O) groups is 1. The molecule has 1 fully saturated rings. The minimum Gasteiger partial charge on any atom is -0.364 e. The molecule has 4 nitrogen and oxygen atoms in total. The number of rotatable bonds is 4. The van der Waals surface area contributed by atoms with E-state index in [1.807, 2.05) is 28.8 Å². The number of aromatic nitrogens is 1. The van der Waals surface area contributed by atoms with Crippen LogP contribution in [0.4, 0.5) is 4.39 Å². The number of primary amides is 1. The molecule has 0 spiro atoms. The van der Waals surface area contributed by atoms with Gasteiger partial charge in [0.05, 0.1) is 0 Å².